The number of halogens is 1. The molecule has 0 saturated carbocycles. The fourth-order valence-electron chi connectivity index (χ4n) is 2.34. The molecule has 19 heavy (non-hydrogen) atoms. The third kappa shape index (κ3) is 3.05. The van der Waals surface area contributed by atoms with Gasteiger partial charge in [0.1, 0.15) is 6.04 Å². The summed E-state index contributed by atoms with van der Waals surface area (Å²) in [6.07, 6.45) is 1.53. The van der Waals surface area contributed by atoms with Crippen molar-refractivity contribution in [1.29, 1.82) is 0 Å². The summed E-state index contributed by atoms with van der Waals surface area (Å²) < 4.78 is 0. The molecule has 1 aliphatic rings. The van der Waals surface area contributed by atoms with Crippen LogP contribution in [-0.4, -0.2) is 34.5 Å². The number of amides is 1. The molecule has 0 aromatic heterocycles. The molecule has 5 nitrogen and oxygen atoms in total. The highest BCUT2D eigenvalue weighted by Crippen LogP contribution is 2.24. The van der Waals surface area contributed by atoms with Gasteiger partial charge in [0.2, 0.25) is 5.91 Å². The number of primary amides is 1. The first-order valence-corrected chi connectivity index (χ1v) is 6.42. The van der Waals surface area contributed by atoms with Gasteiger partial charge in [-0.25, -0.2) is 0 Å². The van der Waals surface area contributed by atoms with Crippen molar-refractivity contribution in [3.05, 3.63) is 34.3 Å². The maximum atomic E-state index is 11.1. The van der Waals surface area contributed by atoms with E-state index in [9.17, 15) is 9.59 Å². The zero-order valence-corrected chi connectivity index (χ0v) is 11.1. The molecule has 0 aliphatic carbocycles. The van der Waals surface area contributed by atoms with Gasteiger partial charge >= 0.3 is 5.97 Å². The molecule has 1 heterocycles. The minimum absolute atomic E-state index is 0.352. The van der Waals surface area contributed by atoms with Gasteiger partial charge < -0.3 is 10.8 Å². The zero-order chi connectivity index (χ0) is 14.0. The van der Waals surface area contributed by atoms with Gasteiger partial charge in [0.25, 0.3) is 0 Å². The molecule has 1 aromatic carbocycles. The highest BCUT2D eigenvalue weighted by atomic mass is 35.5. The first-order valence-electron chi connectivity index (χ1n) is 6.04. The SMILES string of the molecule is NC(=O)c1ccc(CN2CCCC2C(=O)O)c(Cl)c1. The van der Waals surface area contributed by atoms with Crippen molar-refractivity contribution in [1.82, 2.24) is 4.90 Å². The molecule has 1 unspecified atom stereocenters. The summed E-state index contributed by atoms with van der Waals surface area (Å²) in [7, 11) is 0. The summed E-state index contributed by atoms with van der Waals surface area (Å²) in [6.45, 7) is 1.21. The topological polar surface area (TPSA) is 83.6 Å². The molecule has 1 aliphatic heterocycles. The fraction of sp³-hybridized carbons (Fsp3) is 0.385. The number of hydrogen-bond donors (Lipinski definition) is 2. The summed E-state index contributed by atoms with van der Waals surface area (Å²) >= 11 is 6.10. The molecule has 1 atom stereocenters. The number of carboxylic acids is 1. The van der Waals surface area contributed by atoms with Gasteiger partial charge in [0.05, 0.1) is 0 Å². The Kier molecular flexibility index (Phi) is 4.07. The third-order valence-corrected chi connectivity index (χ3v) is 3.71. The number of likely N-dealkylation sites (tertiary alicyclic amines) is 1. The van der Waals surface area contributed by atoms with Gasteiger partial charge in [-0.3, -0.25) is 14.5 Å². The highest BCUT2D eigenvalue weighted by Gasteiger charge is 2.30. The lowest BCUT2D eigenvalue weighted by atomic mass is 10.1. The number of aliphatic carboxylic acids is 1. The van der Waals surface area contributed by atoms with Crippen LogP contribution in [0.25, 0.3) is 0 Å². The van der Waals surface area contributed by atoms with E-state index in [2.05, 4.69) is 0 Å². The molecule has 0 spiro atoms. The second kappa shape index (κ2) is 5.59. The Morgan fingerprint density at radius 3 is 2.79 bits per heavy atom. The summed E-state index contributed by atoms with van der Waals surface area (Å²) in [6, 6.07) is 4.40. The van der Waals surface area contributed by atoms with Gasteiger partial charge in [0.15, 0.2) is 0 Å². The van der Waals surface area contributed by atoms with Crippen LogP contribution < -0.4 is 5.73 Å². The quantitative estimate of drug-likeness (QED) is 0.876. The molecule has 0 bridgehead atoms. The van der Waals surface area contributed by atoms with Gasteiger partial charge in [-0.05, 0) is 37.1 Å². The molecular formula is C13H15ClN2O3. The number of carbonyl (C=O) groups is 2. The van der Waals surface area contributed by atoms with Crippen molar-refractivity contribution in [3.8, 4) is 0 Å². The monoisotopic (exact) mass is 282 g/mol. The molecule has 1 aromatic rings. The third-order valence-electron chi connectivity index (χ3n) is 3.36. The molecule has 1 amide bonds. The van der Waals surface area contributed by atoms with Crippen LogP contribution in [-0.2, 0) is 11.3 Å². The lowest BCUT2D eigenvalue weighted by Gasteiger charge is -2.21. The smallest absolute Gasteiger partial charge is 0.320 e. The van der Waals surface area contributed by atoms with Gasteiger partial charge in [-0.15, -0.1) is 0 Å². The number of nitrogens with two attached hydrogens (primary N) is 1. The van der Waals surface area contributed by atoms with Gasteiger partial charge in [0, 0.05) is 17.1 Å². The first kappa shape index (κ1) is 13.8. The second-order valence-electron chi connectivity index (χ2n) is 4.64. The van der Waals surface area contributed by atoms with E-state index in [1.165, 1.54) is 6.07 Å². The molecule has 102 valence electrons. The van der Waals surface area contributed by atoms with E-state index in [4.69, 9.17) is 22.4 Å². The van der Waals surface area contributed by atoms with Gasteiger partial charge in [-0.2, -0.15) is 0 Å². The molecule has 1 saturated heterocycles. The largest absolute Gasteiger partial charge is 0.480 e. The van der Waals surface area contributed by atoms with Crippen LogP contribution >= 0.6 is 11.6 Å². The zero-order valence-electron chi connectivity index (χ0n) is 10.3. The number of carboxylic acid groups (broad SMARTS) is 1. The Hall–Kier alpha value is -1.59. The Bertz CT molecular complexity index is 519. The lowest BCUT2D eigenvalue weighted by Crippen LogP contribution is -2.35. The van der Waals surface area contributed by atoms with Crippen molar-refractivity contribution in [2.75, 3.05) is 6.54 Å². The van der Waals surface area contributed by atoms with Crippen LogP contribution in [0.2, 0.25) is 5.02 Å². The molecular weight excluding hydrogens is 268 g/mol. The average Bonchev–Trinajstić information content (AvgIpc) is 2.79. The molecule has 1 fully saturated rings. The average molecular weight is 283 g/mol. The summed E-state index contributed by atoms with van der Waals surface area (Å²) in [5.41, 5.74) is 6.33. The highest BCUT2D eigenvalue weighted by molar-refractivity contribution is 6.31. The molecule has 6 heteroatoms. The maximum Gasteiger partial charge on any atom is 0.320 e. The maximum absolute atomic E-state index is 11.1. The van der Waals surface area contributed by atoms with E-state index in [1.807, 2.05) is 4.90 Å². The van der Waals surface area contributed by atoms with Crippen LogP contribution in [0.3, 0.4) is 0 Å². The van der Waals surface area contributed by atoms with E-state index in [-0.39, 0.29) is 0 Å². The minimum atomic E-state index is -0.803. The van der Waals surface area contributed by atoms with Crippen molar-refractivity contribution in [2.24, 2.45) is 5.73 Å². The van der Waals surface area contributed by atoms with Gasteiger partial charge in [-0.1, -0.05) is 17.7 Å². The van der Waals surface area contributed by atoms with E-state index < -0.39 is 17.9 Å². The summed E-state index contributed by atoms with van der Waals surface area (Å²) in [5, 5.41) is 9.55. The number of benzene rings is 1. The van der Waals surface area contributed by atoms with Crippen LogP contribution in [0, 0.1) is 0 Å². The predicted octanol–water partition coefficient (Wildman–Crippen LogP) is 1.49. The predicted molar refractivity (Wildman–Crippen MR) is 71.0 cm³/mol. The fourth-order valence-corrected chi connectivity index (χ4v) is 2.58. The number of nitrogens with zero attached hydrogens (tertiary/aromatic N) is 1. The minimum Gasteiger partial charge on any atom is -0.480 e. The standard InChI is InChI=1S/C13H15ClN2O3/c14-10-6-8(12(15)17)3-4-9(10)7-16-5-1-2-11(16)13(18)19/h3-4,6,11H,1-2,5,7H2,(H2,15,17)(H,18,19). The second-order valence-corrected chi connectivity index (χ2v) is 5.04. The summed E-state index contributed by atoms with van der Waals surface area (Å²) in [4.78, 5) is 24.0. The van der Waals surface area contributed by atoms with E-state index >= 15 is 0 Å². The van der Waals surface area contributed by atoms with Crippen molar-refractivity contribution >= 4 is 23.5 Å². The van der Waals surface area contributed by atoms with E-state index in [1.54, 1.807) is 12.1 Å². The molecule has 0 radical (unpaired) electrons. The van der Waals surface area contributed by atoms with E-state index in [0.29, 0.717) is 23.6 Å². The number of rotatable bonds is 4. The van der Waals surface area contributed by atoms with Crippen molar-refractivity contribution in [2.45, 2.75) is 25.4 Å². The summed E-state index contributed by atoms with van der Waals surface area (Å²) in [5.74, 6) is -1.33. The Morgan fingerprint density at radius 1 is 1.47 bits per heavy atom. The Labute approximate surface area is 116 Å². The van der Waals surface area contributed by atoms with Crippen molar-refractivity contribution in [3.63, 3.8) is 0 Å². The van der Waals surface area contributed by atoms with Crippen LogP contribution in [0.15, 0.2) is 18.2 Å². The Morgan fingerprint density at radius 2 is 2.21 bits per heavy atom. The molecule has 3 N–H and O–H groups in total. The van der Waals surface area contributed by atoms with Crippen LogP contribution in [0.5, 0.6) is 0 Å². The van der Waals surface area contributed by atoms with Crippen LogP contribution in [0.4, 0.5) is 0 Å². The first-order chi connectivity index (χ1) is 8.99. The Balaban J connectivity index is 2.15. The molecule has 2 rings (SSSR count). The number of hydrogen-bond acceptors (Lipinski definition) is 3. The normalized spacial score (nSPS) is 19.5. The van der Waals surface area contributed by atoms with E-state index in [0.717, 1.165) is 18.5 Å². The lowest BCUT2D eigenvalue weighted by molar-refractivity contribution is -0.142. The number of carbonyl (C=O) groups excluding carboxylic acids is 1. The van der Waals surface area contributed by atoms with Crippen molar-refractivity contribution < 1.29 is 14.7 Å². The van der Waals surface area contributed by atoms with Crippen LogP contribution in [0.1, 0.15) is 28.8 Å².